The summed E-state index contributed by atoms with van der Waals surface area (Å²) in [7, 11) is 3.77. The Morgan fingerprint density at radius 2 is 2.15 bits per heavy atom. The molecule has 0 aliphatic heterocycles. The smallest absolute Gasteiger partial charge is 0.265 e. The van der Waals surface area contributed by atoms with Crippen LogP contribution in [0.3, 0.4) is 0 Å². The molecule has 13 heavy (non-hydrogen) atoms. The summed E-state index contributed by atoms with van der Waals surface area (Å²) in [5, 5.41) is 3.80. The molecular weight excluding hydrogens is 168 g/mol. The fourth-order valence-corrected chi connectivity index (χ4v) is 0.950. The summed E-state index contributed by atoms with van der Waals surface area (Å²) in [4.78, 5) is 6.00. The van der Waals surface area contributed by atoms with Gasteiger partial charge in [-0.2, -0.15) is 4.98 Å². The average Bonchev–Trinajstić information content (AvgIpc) is 2.53. The van der Waals surface area contributed by atoms with Crippen LogP contribution in [0, 0.1) is 0 Å². The highest BCUT2D eigenvalue weighted by Crippen LogP contribution is 2.07. The summed E-state index contributed by atoms with van der Waals surface area (Å²) in [5.74, 6) is 1.32. The summed E-state index contributed by atoms with van der Waals surface area (Å²) in [5.41, 5.74) is 5.37. The number of rotatable bonds is 5. The van der Waals surface area contributed by atoms with Crippen LogP contribution in [0.4, 0.5) is 5.95 Å². The van der Waals surface area contributed by atoms with E-state index in [0.717, 1.165) is 19.3 Å². The molecule has 1 rings (SSSR count). The highest BCUT2D eigenvalue weighted by atomic mass is 16.5. The Labute approximate surface area is 77.9 Å². The molecule has 1 aromatic rings. The van der Waals surface area contributed by atoms with Gasteiger partial charge in [-0.05, 0) is 24.5 Å². The minimum Gasteiger partial charge on any atom is -0.344 e. The minimum atomic E-state index is 0.628. The van der Waals surface area contributed by atoms with E-state index in [-0.39, 0.29) is 0 Å². The summed E-state index contributed by atoms with van der Waals surface area (Å²) in [6.45, 7) is 0.717. The summed E-state index contributed by atoms with van der Waals surface area (Å²) < 4.78 is 5.03. The lowest BCUT2D eigenvalue weighted by molar-refractivity contribution is 0.374. The van der Waals surface area contributed by atoms with Crippen molar-refractivity contribution in [3.8, 4) is 0 Å². The Bertz CT molecular complexity index is 246. The predicted molar refractivity (Wildman–Crippen MR) is 50.6 cm³/mol. The van der Waals surface area contributed by atoms with Crippen LogP contribution in [0.25, 0.3) is 0 Å². The SMILES string of the molecule is CN(C)c1noc(CCCCN)n1. The van der Waals surface area contributed by atoms with Crippen molar-refractivity contribution in [2.75, 3.05) is 25.5 Å². The molecule has 0 aliphatic rings. The van der Waals surface area contributed by atoms with Gasteiger partial charge in [0.05, 0.1) is 0 Å². The summed E-state index contributed by atoms with van der Waals surface area (Å²) >= 11 is 0. The van der Waals surface area contributed by atoms with Crippen LogP contribution in [0.15, 0.2) is 4.52 Å². The molecule has 0 radical (unpaired) electrons. The van der Waals surface area contributed by atoms with Gasteiger partial charge in [-0.1, -0.05) is 0 Å². The molecule has 0 bridgehead atoms. The van der Waals surface area contributed by atoms with E-state index in [2.05, 4.69) is 10.1 Å². The third-order valence-electron chi connectivity index (χ3n) is 1.70. The predicted octanol–water partition coefficient (Wildman–Crippen LogP) is 0.417. The highest BCUT2D eigenvalue weighted by Gasteiger charge is 2.06. The van der Waals surface area contributed by atoms with Crippen molar-refractivity contribution < 1.29 is 4.52 Å². The third-order valence-corrected chi connectivity index (χ3v) is 1.70. The number of hydrogen-bond donors (Lipinski definition) is 1. The number of nitrogens with two attached hydrogens (primary N) is 1. The zero-order valence-electron chi connectivity index (χ0n) is 8.16. The molecule has 0 spiro atoms. The van der Waals surface area contributed by atoms with Crippen molar-refractivity contribution in [2.24, 2.45) is 5.73 Å². The van der Waals surface area contributed by atoms with E-state index in [1.165, 1.54) is 0 Å². The van der Waals surface area contributed by atoms with E-state index in [4.69, 9.17) is 10.3 Å². The number of unbranched alkanes of at least 4 members (excludes halogenated alkanes) is 1. The monoisotopic (exact) mass is 184 g/mol. The van der Waals surface area contributed by atoms with Gasteiger partial charge in [0.1, 0.15) is 0 Å². The number of hydrogen-bond acceptors (Lipinski definition) is 5. The number of anilines is 1. The van der Waals surface area contributed by atoms with Gasteiger partial charge in [-0.3, -0.25) is 0 Å². The lowest BCUT2D eigenvalue weighted by atomic mass is 10.2. The highest BCUT2D eigenvalue weighted by molar-refractivity contribution is 5.23. The molecule has 0 atom stereocenters. The third kappa shape index (κ3) is 3.02. The van der Waals surface area contributed by atoms with Crippen molar-refractivity contribution in [1.82, 2.24) is 10.1 Å². The molecule has 0 saturated heterocycles. The lowest BCUT2D eigenvalue weighted by Crippen LogP contribution is -2.10. The molecule has 0 aliphatic carbocycles. The van der Waals surface area contributed by atoms with E-state index >= 15 is 0 Å². The summed E-state index contributed by atoms with van der Waals surface area (Å²) in [6.07, 6.45) is 2.82. The second-order valence-electron chi connectivity index (χ2n) is 3.13. The number of aryl methyl sites for hydroxylation is 1. The minimum absolute atomic E-state index is 0.628. The van der Waals surface area contributed by atoms with E-state index in [1.807, 2.05) is 19.0 Å². The Kier molecular flexibility index (Phi) is 3.70. The van der Waals surface area contributed by atoms with Crippen LogP contribution in [0.2, 0.25) is 0 Å². The largest absolute Gasteiger partial charge is 0.344 e. The summed E-state index contributed by atoms with van der Waals surface area (Å²) in [6, 6.07) is 0. The van der Waals surface area contributed by atoms with Gasteiger partial charge < -0.3 is 15.2 Å². The van der Waals surface area contributed by atoms with Crippen LogP contribution < -0.4 is 10.6 Å². The van der Waals surface area contributed by atoms with Crippen LogP contribution in [0.5, 0.6) is 0 Å². The Morgan fingerprint density at radius 1 is 1.38 bits per heavy atom. The maximum atomic E-state index is 5.37. The fourth-order valence-electron chi connectivity index (χ4n) is 0.950. The molecule has 0 unspecified atom stereocenters. The molecule has 2 N–H and O–H groups in total. The standard InChI is InChI=1S/C8H16N4O/c1-12(2)8-10-7(13-11-8)5-3-4-6-9/h3-6,9H2,1-2H3. The first kappa shape index (κ1) is 9.98. The molecule has 0 fully saturated rings. The molecule has 74 valence electrons. The second-order valence-corrected chi connectivity index (χ2v) is 3.13. The maximum absolute atomic E-state index is 5.37. The zero-order chi connectivity index (χ0) is 9.68. The van der Waals surface area contributed by atoms with Gasteiger partial charge in [-0.15, -0.1) is 0 Å². The van der Waals surface area contributed by atoms with Crippen LogP contribution in [0.1, 0.15) is 18.7 Å². The van der Waals surface area contributed by atoms with E-state index in [1.54, 1.807) is 0 Å². The Morgan fingerprint density at radius 3 is 2.69 bits per heavy atom. The second kappa shape index (κ2) is 4.81. The first-order chi connectivity index (χ1) is 6.24. The van der Waals surface area contributed by atoms with Crippen molar-refractivity contribution >= 4 is 5.95 Å². The molecule has 5 heteroatoms. The Hall–Kier alpha value is -1.10. The normalized spacial score (nSPS) is 10.4. The molecule has 1 aromatic heterocycles. The van der Waals surface area contributed by atoms with Gasteiger partial charge in [0.15, 0.2) is 0 Å². The number of nitrogens with zero attached hydrogens (tertiary/aromatic N) is 3. The molecule has 1 heterocycles. The topological polar surface area (TPSA) is 68.2 Å². The molecule has 0 aromatic carbocycles. The zero-order valence-corrected chi connectivity index (χ0v) is 8.16. The van der Waals surface area contributed by atoms with Gasteiger partial charge in [0.2, 0.25) is 5.89 Å². The van der Waals surface area contributed by atoms with Crippen molar-refractivity contribution in [2.45, 2.75) is 19.3 Å². The van der Waals surface area contributed by atoms with Crippen LogP contribution in [-0.2, 0) is 6.42 Å². The first-order valence-corrected chi connectivity index (χ1v) is 4.44. The maximum Gasteiger partial charge on any atom is 0.265 e. The molecular formula is C8H16N4O. The number of aromatic nitrogens is 2. The Balaban J connectivity index is 2.40. The lowest BCUT2D eigenvalue weighted by Gasteiger charge is -2.02. The van der Waals surface area contributed by atoms with Gasteiger partial charge >= 0.3 is 0 Å². The van der Waals surface area contributed by atoms with Crippen LogP contribution in [-0.4, -0.2) is 30.8 Å². The van der Waals surface area contributed by atoms with Gasteiger partial charge in [-0.25, -0.2) is 0 Å². The molecule has 0 saturated carbocycles. The molecule has 5 nitrogen and oxygen atoms in total. The van der Waals surface area contributed by atoms with Crippen molar-refractivity contribution in [1.29, 1.82) is 0 Å². The van der Waals surface area contributed by atoms with Crippen molar-refractivity contribution in [3.05, 3.63) is 5.89 Å². The van der Waals surface area contributed by atoms with Gasteiger partial charge in [0.25, 0.3) is 5.95 Å². The first-order valence-electron chi connectivity index (χ1n) is 4.44. The van der Waals surface area contributed by atoms with E-state index in [9.17, 15) is 0 Å². The average molecular weight is 184 g/mol. The molecule has 0 amide bonds. The van der Waals surface area contributed by atoms with Gasteiger partial charge in [0, 0.05) is 20.5 Å². The fraction of sp³-hybridized carbons (Fsp3) is 0.750. The van der Waals surface area contributed by atoms with E-state index in [0.29, 0.717) is 18.4 Å². The quantitative estimate of drug-likeness (QED) is 0.671. The van der Waals surface area contributed by atoms with E-state index < -0.39 is 0 Å². The van der Waals surface area contributed by atoms with Crippen LogP contribution >= 0.6 is 0 Å². The van der Waals surface area contributed by atoms with Crippen molar-refractivity contribution in [3.63, 3.8) is 0 Å².